The van der Waals surface area contributed by atoms with Crippen LogP contribution >= 0.6 is 27.5 Å². The summed E-state index contributed by atoms with van der Waals surface area (Å²) in [4.78, 5) is 0. The number of alkyl halides is 1. The maximum Gasteiger partial charge on any atom is 0.227 e. The molecular weight excluding hydrogens is 328 g/mol. The summed E-state index contributed by atoms with van der Waals surface area (Å²) in [5, 5.41) is 0. The van der Waals surface area contributed by atoms with Crippen LogP contribution in [-0.2, 0) is 17.2 Å². The average molecular weight is 340 g/mol. The SMILES string of the molecule is ClCc1cc(Br)cc2c1OC(c1ccccc1)OC2. The van der Waals surface area contributed by atoms with E-state index in [-0.39, 0.29) is 6.29 Å². The van der Waals surface area contributed by atoms with E-state index >= 15 is 0 Å². The Bertz CT molecular complexity index is 569. The first-order valence-corrected chi connectivity index (χ1v) is 7.31. The first kappa shape index (κ1) is 13.0. The lowest BCUT2D eigenvalue weighted by Gasteiger charge is -2.28. The van der Waals surface area contributed by atoms with Gasteiger partial charge in [0.2, 0.25) is 6.29 Å². The molecule has 19 heavy (non-hydrogen) atoms. The van der Waals surface area contributed by atoms with Gasteiger partial charge in [-0.3, -0.25) is 0 Å². The summed E-state index contributed by atoms with van der Waals surface area (Å²) in [6.07, 6.45) is -0.364. The van der Waals surface area contributed by atoms with E-state index in [2.05, 4.69) is 15.9 Å². The van der Waals surface area contributed by atoms with E-state index in [1.165, 1.54) is 0 Å². The lowest BCUT2D eigenvalue weighted by atomic mass is 10.1. The zero-order valence-corrected chi connectivity index (χ0v) is 12.4. The molecule has 4 heteroatoms. The molecule has 1 aliphatic rings. The first-order valence-electron chi connectivity index (χ1n) is 5.98. The predicted octanol–water partition coefficient (Wildman–Crippen LogP) is 4.80. The Kier molecular flexibility index (Phi) is 3.78. The van der Waals surface area contributed by atoms with Crippen LogP contribution in [0.4, 0.5) is 0 Å². The Morgan fingerprint density at radius 3 is 2.74 bits per heavy atom. The fraction of sp³-hybridized carbons (Fsp3) is 0.200. The lowest BCUT2D eigenvalue weighted by Crippen LogP contribution is -2.18. The van der Waals surface area contributed by atoms with Gasteiger partial charge in [-0.15, -0.1) is 11.6 Å². The number of ether oxygens (including phenoxy) is 2. The van der Waals surface area contributed by atoms with E-state index < -0.39 is 0 Å². The Morgan fingerprint density at radius 2 is 2.00 bits per heavy atom. The average Bonchev–Trinajstić information content (AvgIpc) is 2.46. The molecule has 2 nitrogen and oxygen atoms in total. The number of fused-ring (bicyclic) bond motifs is 1. The maximum atomic E-state index is 5.99. The number of halogens is 2. The molecule has 0 fully saturated rings. The summed E-state index contributed by atoms with van der Waals surface area (Å²) < 4.78 is 12.7. The van der Waals surface area contributed by atoms with Crippen LogP contribution in [0.5, 0.6) is 5.75 Å². The van der Waals surface area contributed by atoms with Gasteiger partial charge in [0.25, 0.3) is 0 Å². The van der Waals surface area contributed by atoms with Gasteiger partial charge in [-0.25, -0.2) is 0 Å². The van der Waals surface area contributed by atoms with Crippen molar-refractivity contribution in [3.63, 3.8) is 0 Å². The molecule has 0 aliphatic carbocycles. The van der Waals surface area contributed by atoms with Gasteiger partial charge in [0.05, 0.1) is 12.5 Å². The van der Waals surface area contributed by atoms with Gasteiger partial charge in [0, 0.05) is 21.2 Å². The molecule has 0 radical (unpaired) electrons. The minimum absolute atomic E-state index is 0.364. The summed E-state index contributed by atoms with van der Waals surface area (Å²) in [6, 6.07) is 13.9. The molecule has 1 unspecified atom stereocenters. The molecule has 1 atom stereocenters. The zero-order valence-electron chi connectivity index (χ0n) is 10.1. The molecule has 0 saturated carbocycles. The molecule has 3 rings (SSSR count). The highest BCUT2D eigenvalue weighted by atomic mass is 79.9. The Morgan fingerprint density at radius 1 is 1.21 bits per heavy atom. The van der Waals surface area contributed by atoms with E-state index in [1.807, 2.05) is 42.5 Å². The van der Waals surface area contributed by atoms with Crippen molar-refractivity contribution in [1.82, 2.24) is 0 Å². The van der Waals surface area contributed by atoms with Crippen LogP contribution in [0.2, 0.25) is 0 Å². The normalized spacial score (nSPS) is 17.7. The molecule has 1 heterocycles. The molecular formula is C15H12BrClO2. The molecule has 0 spiro atoms. The second kappa shape index (κ2) is 5.53. The molecule has 0 aromatic heterocycles. The van der Waals surface area contributed by atoms with Crippen LogP contribution < -0.4 is 4.74 Å². The quantitative estimate of drug-likeness (QED) is 0.732. The zero-order chi connectivity index (χ0) is 13.2. The molecule has 98 valence electrons. The van der Waals surface area contributed by atoms with Crippen molar-refractivity contribution in [1.29, 1.82) is 0 Å². The van der Waals surface area contributed by atoms with Gasteiger partial charge in [-0.1, -0.05) is 46.3 Å². The summed E-state index contributed by atoms with van der Waals surface area (Å²) in [5.74, 6) is 1.27. The van der Waals surface area contributed by atoms with Crippen LogP contribution in [0.1, 0.15) is 23.0 Å². The number of benzene rings is 2. The first-order chi connectivity index (χ1) is 9.28. The monoisotopic (exact) mass is 338 g/mol. The largest absolute Gasteiger partial charge is 0.460 e. The van der Waals surface area contributed by atoms with Crippen LogP contribution in [0.15, 0.2) is 46.9 Å². The standard InChI is InChI=1S/C15H12BrClO2/c16-13-6-11(8-17)14-12(7-13)9-18-15(19-14)10-4-2-1-3-5-10/h1-7,15H,8-9H2. The third kappa shape index (κ3) is 2.64. The minimum atomic E-state index is -0.364. The van der Waals surface area contributed by atoms with Gasteiger partial charge >= 0.3 is 0 Å². The topological polar surface area (TPSA) is 18.5 Å². The van der Waals surface area contributed by atoms with Gasteiger partial charge in [-0.05, 0) is 12.1 Å². The van der Waals surface area contributed by atoms with Crippen molar-refractivity contribution in [3.05, 3.63) is 63.6 Å². The molecule has 0 saturated heterocycles. The summed E-state index contributed by atoms with van der Waals surface area (Å²) in [7, 11) is 0. The van der Waals surface area contributed by atoms with Crippen LogP contribution in [-0.4, -0.2) is 0 Å². The predicted molar refractivity (Wildman–Crippen MR) is 78.3 cm³/mol. The number of rotatable bonds is 2. The molecule has 2 aromatic carbocycles. The van der Waals surface area contributed by atoms with E-state index in [0.717, 1.165) is 26.9 Å². The lowest BCUT2D eigenvalue weighted by molar-refractivity contribution is -0.111. The number of hydrogen-bond donors (Lipinski definition) is 0. The van der Waals surface area contributed by atoms with Crippen molar-refractivity contribution < 1.29 is 9.47 Å². The summed E-state index contributed by atoms with van der Waals surface area (Å²) in [5.41, 5.74) is 3.02. The second-order valence-corrected chi connectivity index (χ2v) is 5.54. The molecule has 0 bridgehead atoms. The molecule has 0 amide bonds. The number of hydrogen-bond acceptors (Lipinski definition) is 2. The Balaban J connectivity index is 1.95. The van der Waals surface area contributed by atoms with Crippen molar-refractivity contribution in [2.24, 2.45) is 0 Å². The van der Waals surface area contributed by atoms with Crippen molar-refractivity contribution in [2.45, 2.75) is 18.8 Å². The van der Waals surface area contributed by atoms with Crippen molar-refractivity contribution in [2.75, 3.05) is 0 Å². The van der Waals surface area contributed by atoms with E-state index in [0.29, 0.717) is 12.5 Å². The van der Waals surface area contributed by atoms with Crippen molar-refractivity contribution in [3.8, 4) is 5.75 Å². The molecule has 2 aromatic rings. The third-order valence-electron chi connectivity index (χ3n) is 3.04. The second-order valence-electron chi connectivity index (χ2n) is 4.36. The minimum Gasteiger partial charge on any atom is -0.460 e. The highest BCUT2D eigenvalue weighted by Gasteiger charge is 2.24. The highest BCUT2D eigenvalue weighted by Crippen LogP contribution is 2.38. The fourth-order valence-electron chi connectivity index (χ4n) is 2.15. The third-order valence-corrected chi connectivity index (χ3v) is 3.78. The van der Waals surface area contributed by atoms with Crippen molar-refractivity contribution >= 4 is 27.5 Å². The highest BCUT2D eigenvalue weighted by molar-refractivity contribution is 9.10. The summed E-state index contributed by atoms with van der Waals surface area (Å²) >= 11 is 9.46. The smallest absolute Gasteiger partial charge is 0.227 e. The van der Waals surface area contributed by atoms with Gasteiger partial charge < -0.3 is 9.47 Å². The van der Waals surface area contributed by atoms with Gasteiger partial charge in [-0.2, -0.15) is 0 Å². The van der Waals surface area contributed by atoms with E-state index in [1.54, 1.807) is 0 Å². The molecule has 1 aliphatic heterocycles. The Labute approximate surface area is 125 Å². The summed E-state index contributed by atoms with van der Waals surface area (Å²) in [6.45, 7) is 0.526. The fourth-order valence-corrected chi connectivity index (χ4v) is 2.90. The van der Waals surface area contributed by atoms with Crippen LogP contribution in [0.3, 0.4) is 0 Å². The molecule has 0 N–H and O–H groups in total. The Hall–Kier alpha value is -1.03. The maximum absolute atomic E-state index is 5.99. The van der Waals surface area contributed by atoms with Gasteiger partial charge in [0.1, 0.15) is 5.75 Å². The van der Waals surface area contributed by atoms with E-state index in [9.17, 15) is 0 Å². The van der Waals surface area contributed by atoms with Crippen LogP contribution in [0.25, 0.3) is 0 Å². The van der Waals surface area contributed by atoms with Gasteiger partial charge in [0.15, 0.2) is 0 Å². The van der Waals surface area contributed by atoms with Crippen LogP contribution in [0, 0.1) is 0 Å². The van der Waals surface area contributed by atoms with E-state index in [4.69, 9.17) is 21.1 Å².